The van der Waals surface area contributed by atoms with Gasteiger partial charge in [0.05, 0.1) is 6.42 Å². The number of carbonyl (C=O) groups is 2. The normalized spacial score (nSPS) is 13.4. The van der Waals surface area contributed by atoms with Crippen LogP contribution in [-0.4, -0.2) is 25.0 Å². The molecule has 1 unspecified atom stereocenters. The summed E-state index contributed by atoms with van der Waals surface area (Å²) in [6.07, 6.45) is -0.967. The fourth-order valence-electron chi connectivity index (χ4n) is 3.19. The van der Waals surface area contributed by atoms with Crippen molar-refractivity contribution in [3.05, 3.63) is 95.6 Å². The van der Waals surface area contributed by atoms with E-state index >= 15 is 0 Å². The third-order valence-electron chi connectivity index (χ3n) is 4.60. The van der Waals surface area contributed by atoms with Crippen molar-refractivity contribution in [2.75, 3.05) is 13.2 Å². The molecule has 1 heterocycles. The molecular formula is C24H20O5. The summed E-state index contributed by atoms with van der Waals surface area (Å²) < 4.78 is 16.7. The van der Waals surface area contributed by atoms with Crippen LogP contribution in [0.5, 0.6) is 11.5 Å². The lowest BCUT2D eigenvalue weighted by Crippen LogP contribution is -2.21. The van der Waals surface area contributed by atoms with Crippen molar-refractivity contribution in [1.29, 1.82) is 0 Å². The zero-order chi connectivity index (χ0) is 20.1. The van der Waals surface area contributed by atoms with Gasteiger partial charge in [-0.15, -0.1) is 0 Å². The Kier molecular flexibility index (Phi) is 5.56. The number of carbonyl (C=O) groups excluding carboxylic acids is 2. The first kappa shape index (κ1) is 18.7. The van der Waals surface area contributed by atoms with E-state index in [-0.39, 0.29) is 12.2 Å². The van der Waals surface area contributed by atoms with Crippen molar-refractivity contribution in [3.63, 3.8) is 0 Å². The summed E-state index contributed by atoms with van der Waals surface area (Å²) in [5.41, 5.74) is 1.86. The molecule has 1 atom stereocenters. The summed E-state index contributed by atoms with van der Waals surface area (Å²) in [6, 6.07) is 23.2. The Labute approximate surface area is 168 Å². The maximum Gasteiger partial charge on any atom is 0.311 e. The molecule has 0 aliphatic carbocycles. The van der Waals surface area contributed by atoms with Crippen molar-refractivity contribution in [2.24, 2.45) is 0 Å². The SMILES string of the molecule is O=C(Cc1ccc2c(c1)OCCO2)OC(C(=O)c1ccccc1)c1ccccc1. The summed E-state index contributed by atoms with van der Waals surface area (Å²) in [6.45, 7) is 0.983. The van der Waals surface area contributed by atoms with E-state index in [0.717, 1.165) is 5.56 Å². The van der Waals surface area contributed by atoms with Crippen LogP contribution in [0.4, 0.5) is 0 Å². The van der Waals surface area contributed by atoms with Crippen LogP contribution in [0.2, 0.25) is 0 Å². The molecule has 5 nitrogen and oxygen atoms in total. The molecule has 1 aliphatic rings. The highest BCUT2D eigenvalue weighted by atomic mass is 16.6. The molecule has 146 valence electrons. The smallest absolute Gasteiger partial charge is 0.311 e. The molecule has 0 saturated carbocycles. The molecular weight excluding hydrogens is 368 g/mol. The second-order valence-corrected chi connectivity index (χ2v) is 6.67. The minimum absolute atomic E-state index is 0.0298. The van der Waals surface area contributed by atoms with Crippen molar-refractivity contribution in [2.45, 2.75) is 12.5 Å². The number of fused-ring (bicyclic) bond motifs is 1. The summed E-state index contributed by atoms with van der Waals surface area (Å²) in [4.78, 5) is 25.7. The minimum Gasteiger partial charge on any atom is -0.486 e. The number of hydrogen-bond donors (Lipinski definition) is 0. The third-order valence-corrected chi connectivity index (χ3v) is 4.60. The van der Waals surface area contributed by atoms with Crippen LogP contribution >= 0.6 is 0 Å². The second kappa shape index (κ2) is 8.61. The van der Waals surface area contributed by atoms with Crippen LogP contribution in [0.3, 0.4) is 0 Å². The standard InChI is InChI=1S/C24H20O5/c25-22(16-17-11-12-20-21(15-17)28-14-13-27-20)29-24(19-9-5-2-6-10-19)23(26)18-7-3-1-4-8-18/h1-12,15,24H,13-14,16H2. The first-order valence-corrected chi connectivity index (χ1v) is 9.43. The van der Waals surface area contributed by atoms with Gasteiger partial charge in [-0.3, -0.25) is 9.59 Å². The van der Waals surface area contributed by atoms with Crippen LogP contribution < -0.4 is 9.47 Å². The summed E-state index contributed by atoms with van der Waals surface area (Å²) in [5, 5.41) is 0. The lowest BCUT2D eigenvalue weighted by atomic mass is 10.00. The van der Waals surface area contributed by atoms with Crippen LogP contribution in [-0.2, 0) is 16.0 Å². The first-order valence-electron chi connectivity index (χ1n) is 9.43. The number of benzene rings is 3. The van der Waals surface area contributed by atoms with Crippen LogP contribution in [0.15, 0.2) is 78.9 Å². The topological polar surface area (TPSA) is 61.8 Å². The van der Waals surface area contributed by atoms with Crippen molar-refractivity contribution < 1.29 is 23.8 Å². The van der Waals surface area contributed by atoms with Gasteiger partial charge in [-0.05, 0) is 17.7 Å². The van der Waals surface area contributed by atoms with E-state index in [4.69, 9.17) is 14.2 Å². The quantitative estimate of drug-likeness (QED) is 0.469. The van der Waals surface area contributed by atoms with E-state index in [2.05, 4.69) is 0 Å². The fraction of sp³-hybridized carbons (Fsp3) is 0.167. The van der Waals surface area contributed by atoms with Gasteiger partial charge in [-0.25, -0.2) is 0 Å². The van der Waals surface area contributed by atoms with Crippen LogP contribution in [0, 0.1) is 0 Å². The van der Waals surface area contributed by atoms with Gasteiger partial charge >= 0.3 is 5.97 Å². The van der Waals surface area contributed by atoms with E-state index in [1.807, 2.05) is 24.3 Å². The molecule has 0 spiro atoms. The maximum absolute atomic E-state index is 13.0. The lowest BCUT2D eigenvalue weighted by molar-refractivity contribution is -0.146. The lowest BCUT2D eigenvalue weighted by Gasteiger charge is -2.19. The molecule has 1 aliphatic heterocycles. The summed E-state index contributed by atoms with van der Waals surface area (Å²) in [5.74, 6) is 0.531. The molecule has 0 aromatic heterocycles. The van der Waals surface area contributed by atoms with Gasteiger partial charge < -0.3 is 14.2 Å². The zero-order valence-electron chi connectivity index (χ0n) is 15.7. The van der Waals surface area contributed by atoms with Crippen molar-refractivity contribution >= 4 is 11.8 Å². The Morgan fingerprint density at radius 3 is 2.21 bits per heavy atom. The van der Waals surface area contributed by atoms with E-state index < -0.39 is 12.1 Å². The fourth-order valence-corrected chi connectivity index (χ4v) is 3.19. The van der Waals surface area contributed by atoms with E-state index in [9.17, 15) is 9.59 Å². The molecule has 0 fully saturated rings. The van der Waals surface area contributed by atoms with Crippen molar-refractivity contribution in [1.82, 2.24) is 0 Å². The molecule has 0 saturated heterocycles. The summed E-state index contributed by atoms with van der Waals surface area (Å²) >= 11 is 0. The highest BCUT2D eigenvalue weighted by Gasteiger charge is 2.26. The average Bonchev–Trinajstić information content (AvgIpc) is 2.78. The van der Waals surface area contributed by atoms with E-state index in [1.165, 1.54) is 0 Å². The highest BCUT2D eigenvalue weighted by Crippen LogP contribution is 2.31. The van der Waals surface area contributed by atoms with Crippen LogP contribution in [0.25, 0.3) is 0 Å². The Morgan fingerprint density at radius 2 is 1.48 bits per heavy atom. The molecule has 0 amide bonds. The van der Waals surface area contributed by atoms with Gasteiger partial charge in [0.25, 0.3) is 0 Å². The Balaban J connectivity index is 1.53. The third kappa shape index (κ3) is 4.46. The highest BCUT2D eigenvalue weighted by molar-refractivity contribution is 6.01. The Bertz CT molecular complexity index is 998. The second-order valence-electron chi connectivity index (χ2n) is 6.67. The van der Waals surface area contributed by atoms with Crippen molar-refractivity contribution in [3.8, 4) is 11.5 Å². The predicted molar refractivity (Wildman–Crippen MR) is 107 cm³/mol. The molecule has 5 heteroatoms. The van der Waals surface area contributed by atoms with E-state index in [1.54, 1.807) is 54.6 Å². The molecule has 0 radical (unpaired) electrons. The molecule has 3 aromatic carbocycles. The maximum atomic E-state index is 13.0. The van der Waals surface area contributed by atoms with Gasteiger partial charge in [-0.1, -0.05) is 66.7 Å². The van der Waals surface area contributed by atoms with Gasteiger partial charge in [0.1, 0.15) is 13.2 Å². The number of ether oxygens (including phenoxy) is 3. The largest absolute Gasteiger partial charge is 0.486 e. The monoisotopic (exact) mass is 388 g/mol. The summed E-state index contributed by atoms with van der Waals surface area (Å²) in [7, 11) is 0. The number of rotatable bonds is 6. The molecule has 0 bridgehead atoms. The molecule has 29 heavy (non-hydrogen) atoms. The number of esters is 1. The minimum atomic E-state index is -0.997. The first-order chi connectivity index (χ1) is 14.2. The number of Topliss-reactive ketones (excluding diaryl/α,β-unsaturated/α-hetero) is 1. The van der Waals surface area contributed by atoms with Gasteiger partial charge in [0, 0.05) is 11.1 Å². The Hall–Kier alpha value is -3.60. The van der Waals surface area contributed by atoms with Gasteiger partial charge in [0.2, 0.25) is 5.78 Å². The van der Waals surface area contributed by atoms with Crippen LogP contribution in [0.1, 0.15) is 27.6 Å². The van der Waals surface area contributed by atoms with Gasteiger partial charge in [0.15, 0.2) is 17.6 Å². The van der Waals surface area contributed by atoms with Gasteiger partial charge in [-0.2, -0.15) is 0 Å². The molecule has 4 rings (SSSR count). The Morgan fingerprint density at radius 1 is 0.828 bits per heavy atom. The average molecular weight is 388 g/mol. The number of hydrogen-bond acceptors (Lipinski definition) is 5. The zero-order valence-corrected chi connectivity index (χ0v) is 15.7. The number of ketones is 1. The predicted octanol–water partition coefficient (Wildman–Crippen LogP) is 4.17. The molecule has 0 N–H and O–H groups in total. The van der Waals surface area contributed by atoms with E-state index in [0.29, 0.717) is 35.8 Å². The molecule has 3 aromatic rings.